The summed E-state index contributed by atoms with van der Waals surface area (Å²) in [4.78, 5) is 43.0. The highest BCUT2D eigenvalue weighted by Crippen LogP contribution is 2.42. The summed E-state index contributed by atoms with van der Waals surface area (Å²) in [6.07, 6.45) is 5.32. The summed E-state index contributed by atoms with van der Waals surface area (Å²) in [5, 5.41) is 14.8. The van der Waals surface area contributed by atoms with E-state index in [1.54, 1.807) is 26.0 Å². The number of nitrogens with zero attached hydrogens (tertiary/aromatic N) is 3. The van der Waals surface area contributed by atoms with Gasteiger partial charge in [0.25, 0.3) is 5.69 Å². The average Bonchev–Trinajstić information content (AvgIpc) is 3.04. The van der Waals surface area contributed by atoms with Crippen molar-refractivity contribution in [2.75, 3.05) is 51.3 Å². The van der Waals surface area contributed by atoms with Crippen molar-refractivity contribution in [2.24, 2.45) is 5.41 Å². The van der Waals surface area contributed by atoms with Crippen molar-refractivity contribution in [2.45, 2.75) is 51.9 Å². The Labute approximate surface area is 283 Å². The highest BCUT2D eigenvalue weighted by atomic mass is 35.5. The quantitative estimate of drug-likeness (QED) is 0.190. The van der Waals surface area contributed by atoms with Gasteiger partial charge in [0.05, 0.1) is 35.7 Å². The van der Waals surface area contributed by atoms with Crippen LogP contribution < -0.4 is 10.2 Å². The molecule has 1 saturated carbocycles. The van der Waals surface area contributed by atoms with Crippen molar-refractivity contribution in [1.29, 1.82) is 0 Å². The zero-order valence-corrected chi connectivity index (χ0v) is 28.3. The summed E-state index contributed by atoms with van der Waals surface area (Å²) in [7, 11) is 1.28. The third-order valence-corrected chi connectivity index (χ3v) is 9.28. The lowest BCUT2D eigenvalue weighted by Crippen LogP contribution is -2.51. The molecule has 1 atom stereocenters. The van der Waals surface area contributed by atoms with Gasteiger partial charge in [0.1, 0.15) is 0 Å². The SMILES string of the molecule is COC(=O)C1=C(C)NC(C)=C(C(=O)OCC2(CN3CCN(c4ccccc4)CC3)CCCCC2)C1c1cccc([N+](=O)[O-])c1.Cl.Cl. The molecule has 2 fully saturated rings. The van der Waals surface area contributed by atoms with Crippen LogP contribution in [0.15, 0.2) is 77.1 Å². The number of hydrogen-bond donors (Lipinski definition) is 1. The number of anilines is 1. The number of hydrogen-bond acceptors (Lipinski definition) is 9. The number of halogens is 2. The number of nitrogens with one attached hydrogen (secondary N) is 1. The highest BCUT2D eigenvalue weighted by molar-refractivity contribution is 6.00. The van der Waals surface area contributed by atoms with Crippen molar-refractivity contribution >= 4 is 48.1 Å². The van der Waals surface area contributed by atoms with Crippen LogP contribution in [0.5, 0.6) is 0 Å². The number of methoxy groups -OCH3 is 1. The number of para-hydroxylation sites is 1. The topological polar surface area (TPSA) is 114 Å². The van der Waals surface area contributed by atoms with E-state index < -0.39 is 22.8 Å². The van der Waals surface area contributed by atoms with Gasteiger partial charge >= 0.3 is 11.9 Å². The molecule has 10 nitrogen and oxygen atoms in total. The summed E-state index contributed by atoms with van der Waals surface area (Å²) in [5.74, 6) is -2.01. The fourth-order valence-electron chi connectivity index (χ4n) is 7.02. The lowest BCUT2D eigenvalue weighted by atomic mass is 9.74. The molecule has 0 radical (unpaired) electrons. The first-order chi connectivity index (χ1) is 21.2. The third-order valence-electron chi connectivity index (χ3n) is 9.28. The third kappa shape index (κ3) is 8.21. The fraction of sp³-hybridized carbons (Fsp3) is 0.471. The molecule has 0 amide bonds. The zero-order chi connectivity index (χ0) is 31.3. The zero-order valence-electron chi connectivity index (χ0n) is 26.7. The first-order valence-electron chi connectivity index (χ1n) is 15.4. The van der Waals surface area contributed by atoms with Gasteiger partial charge in [-0.3, -0.25) is 15.0 Å². The van der Waals surface area contributed by atoms with Crippen molar-refractivity contribution in [1.82, 2.24) is 10.2 Å². The monoisotopic (exact) mass is 674 g/mol. The minimum Gasteiger partial charge on any atom is -0.466 e. The van der Waals surface area contributed by atoms with Gasteiger partial charge in [-0.05, 0) is 44.4 Å². The Morgan fingerprint density at radius 1 is 0.913 bits per heavy atom. The van der Waals surface area contributed by atoms with Gasteiger partial charge in [0.2, 0.25) is 0 Å². The molecule has 2 heterocycles. The number of nitro benzene ring substituents is 1. The molecule has 5 rings (SSSR count). The first kappa shape index (κ1) is 36.9. The van der Waals surface area contributed by atoms with E-state index in [1.807, 2.05) is 6.07 Å². The number of piperazine rings is 1. The number of ether oxygens (including phenoxy) is 2. The summed E-state index contributed by atoms with van der Waals surface area (Å²) in [6.45, 7) is 8.42. The summed E-state index contributed by atoms with van der Waals surface area (Å²) >= 11 is 0. The molecule has 1 unspecified atom stereocenters. The Morgan fingerprint density at radius 3 is 2.15 bits per heavy atom. The van der Waals surface area contributed by atoms with E-state index >= 15 is 0 Å². The van der Waals surface area contributed by atoms with E-state index in [2.05, 4.69) is 39.4 Å². The molecular formula is C34H44Cl2N4O6. The second-order valence-electron chi connectivity index (χ2n) is 12.2. The van der Waals surface area contributed by atoms with E-state index in [9.17, 15) is 19.7 Å². The number of rotatable bonds is 9. The number of allylic oxidation sites excluding steroid dienone is 2. The predicted octanol–water partition coefficient (Wildman–Crippen LogP) is 6.16. The second kappa shape index (κ2) is 16.3. The molecule has 46 heavy (non-hydrogen) atoms. The molecule has 1 N–H and O–H groups in total. The lowest BCUT2D eigenvalue weighted by molar-refractivity contribution is -0.384. The Balaban J connectivity index is 0.00000288. The number of esters is 2. The minimum atomic E-state index is -0.871. The van der Waals surface area contributed by atoms with Crippen molar-refractivity contribution in [3.63, 3.8) is 0 Å². The fourth-order valence-corrected chi connectivity index (χ4v) is 7.02. The molecular weight excluding hydrogens is 631 g/mol. The standard InChI is InChI=1S/C34H42N4O6.2ClH/c1-24-29(32(39)43-3)31(26-11-10-14-28(21-26)38(41)42)30(25(2)35-24)33(40)44-23-34(15-8-5-9-16-34)22-36-17-19-37(20-18-36)27-12-6-4-7-13-27;;/h4,6-7,10-14,21,31,35H,5,8-9,15-20,22-23H2,1-3H3;2*1H. The van der Waals surface area contributed by atoms with Crippen molar-refractivity contribution in [3.05, 3.63) is 92.8 Å². The minimum absolute atomic E-state index is 0. The maximum Gasteiger partial charge on any atom is 0.336 e. The van der Waals surface area contributed by atoms with Gasteiger partial charge in [-0.2, -0.15) is 0 Å². The number of carbonyl (C=O) groups excluding carboxylic acids is 2. The normalized spacial score (nSPS) is 19.7. The van der Waals surface area contributed by atoms with E-state index in [-0.39, 0.29) is 53.7 Å². The maximum atomic E-state index is 14.0. The number of benzene rings is 2. The predicted molar refractivity (Wildman–Crippen MR) is 182 cm³/mol. The second-order valence-corrected chi connectivity index (χ2v) is 12.2. The average molecular weight is 676 g/mol. The molecule has 0 spiro atoms. The van der Waals surface area contributed by atoms with Crippen LogP contribution in [0.1, 0.15) is 57.4 Å². The number of carbonyl (C=O) groups is 2. The Kier molecular flexibility index (Phi) is 13.1. The van der Waals surface area contributed by atoms with Crippen LogP contribution in [0.2, 0.25) is 0 Å². The smallest absolute Gasteiger partial charge is 0.336 e. The van der Waals surface area contributed by atoms with Crippen LogP contribution in [0, 0.1) is 15.5 Å². The molecule has 0 aromatic heterocycles. The van der Waals surface area contributed by atoms with Crippen molar-refractivity contribution in [3.8, 4) is 0 Å². The summed E-state index contributed by atoms with van der Waals surface area (Å²) < 4.78 is 11.3. The Morgan fingerprint density at radius 2 is 1.54 bits per heavy atom. The van der Waals surface area contributed by atoms with Crippen LogP contribution in [0.3, 0.4) is 0 Å². The van der Waals surface area contributed by atoms with E-state index in [1.165, 1.54) is 31.4 Å². The summed E-state index contributed by atoms with van der Waals surface area (Å²) in [6, 6.07) is 16.5. The molecule has 2 aliphatic heterocycles. The number of non-ortho nitro benzene ring substituents is 1. The van der Waals surface area contributed by atoms with Crippen molar-refractivity contribution < 1.29 is 24.0 Å². The molecule has 2 aromatic carbocycles. The molecule has 1 saturated heterocycles. The van der Waals surface area contributed by atoms with Gasteiger partial charge in [-0.1, -0.05) is 49.6 Å². The van der Waals surface area contributed by atoms with E-state index in [0.717, 1.165) is 58.4 Å². The van der Waals surface area contributed by atoms with Crippen LogP contribution in [-0.4, -0.2) is 68.2 Å². The largest absolute Gasteiger partial charge is 0.466 e. The van der Waals surface area contributed by atoms with E-state index in [0.29, 0.717) is 17.0 Å². The molecule has 3 aliphatic rings. The highest BCUT2D eigenvalue weighted by Gasteiger charge is 2.41. The van der Waals surface area contributed by atoms with Gasteiger partial charge in [-0.15, -0.1) is 24.8 Å². The van der Waals surface area contributed by atoms with Gasteiger partial charge < -0.3 is 19.7 Å². The molecule has 2 aromatic rings. The molecule has 1 aliphatic carbocycles. The van der Waals surface area contributed by atoms with Crippen LogP contribution >= 0.6 is 24.8 Å². The van der Waals surface area contributed by atoms with E-state index in [4.69, 9.17) is 9.47 Å². The lowest BCUT2D eigenvalue weighted by Gasteiger charge is -2.44. The van der Waals surface area contributed by atoms with Gasteiger partial charge in [-0.25, -0.2) is 9.59 Å². The Bertz CT molecular complexity index is 1450. The molecule has 250 valence electrons. The number of dihydropyridines is 1. The molecule has 12 heteroatoms. The summed E-state index contributed by atoms with van der Waals surface area (Å²) in [5.41, 5.74) is 2.99. The van der Waals surface area contributed by atoms with Crippen LogP contribution in [-0.2, 0) is 19.1 Å². The molecule has 0 bridgehead atoms. The Hall–Kier alpha value is -3.60. The number of nitro groups is 1. The van der Waals surface area contributed by atoms with Gasteiger partial charge in [0, 0.05) is 67.4 Å². The first-order valence-corrected chi connectivity index (χ1v) is 15.4. The van der Waals surface area contributed by atoms with Crippen LogP contribution in [0.25, 0.3) is 0 Å². The maximum absolute atomic E-state index is 14.0. The van der Waals surface area contributed by atoms with Gasteiger partial charge in [0.15, 0.2) is 0 Å². The van der Waals surface area contributed by atoms with Crippen LogP contribution in [0.4, 0.5) is 11.4 Å².